The second-order valence-electron chi connectivity index (χ2n) is 13.6. The van der Waals surface area contributed by atoms with Crippen molar-refractivity contribution in [1.82, 2.24) is 0 Å². The molecule has 0 heterocycles. The summed E-state index contributed by atoms with van der Waals surface area (Å²) in [5.74, 6) is 4.32. The van der Waals surface area contributed by atoms with Crippen LogP contribution in [0.4, 0.5) is 5.69 Å². The molecule has 4 saturated carbocycles. The molecule has 1 aromatic rings. The Labute approximate surface area is 228 Å². The van der Waals surface area contributed by atoms with Crippen LogP contribution in [-0.2, 0) is 4.79 Å². The van der Waals surface area contributed by atoms with Crippen LogP contribution in [0, 0.1) is 46.3 Å². The van der Waals surface area contributed by atoms with Crippen molar-refractivity contribution in [3.8, 4) is 11.5 Å². The molecule has 0 aromatic heterocycles. The van der Waals surface area contributed by atoms with E-state index in [9.17, 15) is 15.0 Å². The Morgan fingerprint density at radius 1 is 1.03 bits per heavy atom. The van der Waals surface area contributed by atoms with Gasteiger partial charge in [0.15, 0.2) is 0 Å². The van der Waals surface area contributed by atoms with Gasteiger partial charge in [-0.05, 0) is 116 Å². The molecule has 0 bridgehead atoms. The van der Waals surface area contributed by atoms with Crippen LogP contribution in [0.15, 0.2) is 18.2 Å². The first-order valence-corrected chi connectivity index (χ1v) is 15.0. The molecule has 0 spiro atoms. The number of rotatable bonds is 7. The maximum absolute atomic E-state index is 12.9. The number of benzene rings is 1. The van der Waals surface area contributed by atoms with Crippen molar-refractivity contribution in [2.24, 2.45) is 46.3 Å². The predicted octanol–water partition coefficient (Wildman–Crippen LogP) is 6.05. The highest BCUT2D eigenvalue weighted by Crippen LogP contribution is 2.68. The van der Waals surface area contributed by atoms with Crippen molar-refractivity contribution >= 4 is 11.6 Å². The maximum Gasteiger partial charge on any atom is 0.224 e. The predicted molar refractivity (Wildman–Crippen MR) is 149 cm³/mol. The minimum atomic E-state index is -0.243. The lowest BCUT2D eigenvalue weighted by Gasteiger charge is -2.62. The Balaban J connectivity index is 1.23. The lowest BCUT2D eigenvalue weighted by molar-refractivity contribution is -0.174. The summed E-state index contributed by atoms with van der Waals surface area (Å²) in [5.41, 5.74) is 1.16. The number of ether oxygens (including phenoxy) is 2. The van der Waals surface area contributed by atoms with Gasteiger partial charge in [-0.25, -0.2) is 0 Å². The number of hydrogen-bond donors (Lipinski definition) is 3. The van der Waals surface area contributed by atoms with Gasteiger partial charge in [-0.2, -0.15) is 0 Å². The molecule has 5 rings (SSSR count). The summed E-state index contributed by atoms with van der Waals surface area (Å²) < 4.78 is 10.7. The zero-order valence-corrected chi connectivity index (χ0v) is 24.0. The molecule has 0 radical (unpaired) electrons. The molecular formula is C32H49NO5. The number of carbonyl (C=O) groups excluding carboxylic acids is 1. The molecule has 1 amide bonds. The van der Waals surface area contributed by atoms with Gasteiger partial charge in [0, 0.05) is 12.5 Å². The second-order valence-corrected chi connectivity index (χ2v) is 13.6. The molecular weight excluding hydrogens is 478 g/mol. The van der Waals surface area contributed by atoms with Crippen molar-refractivity contribution in [1.29, 1.82) is 0 Å². The summed E-state index contributed by atoms with van der Waals surface area (Å²) in [5, 5.41) is 24.8. The highest BCUT2D eigenvalue weighted by molar-refractivity contribution is 5.92. The maximum atomic E-state index is 12.9. The van der Waals surface area contributed by atoms with Crippen LogP contribution in [0.25, 0.3) is 0 Å². The Morgan fingerprint density at radius 3 is 2.50 bits per heavy atom. The van der Waals surface area contributed by atoms with Crippen LogP contribution >= 0.6 is 0 Å². The number of aliphatic hydroxyl groups is 2. The normalized spacial score (nSPS) is 40.9. The summed E-state index contributed by atoms with van der Waals surface area (Å²) in [4.78, 5) is 12.9. The van der Waals surface area contributed by atoms with Crippen molar-refractivity contribution < 1.29 is 24.5 Å². The van der Waals surface area contributed by atoms with E-state index in [0.29, 0.717) is 59.1 Å². The van der Waals surface area contributed by atoms with Crippen LogP contribution in [-0.4, -0.2) is 42.5 Å². The van der Waals surface area contributed by atoms with E-state index >= 15 is 0 Å². The van der Waals surface area contributed by atoms with Gasteiger partial charge in [0.2, 0.25) is 5.91 Å². The second kappa shape index (κ2) is 10.6. The van der Waals surface area contributed by atoms with Crippen molar-refractivity contribution in [3.63, 3.8) is 0 Å². The fourth-order valence-electron chi connectivity index (χ4n) is 9.85. The van der Waals surface area contributed by atoms with Crippen molar-refractivity contribution in [3.05, 3.63) is 18.2 Å². The SMILES string of the molecule is COc1ccc(NC(=O)CC[C@@H](C)[C@@H]2CC[C@@H]3[C@H]4[C@@H](CC[C@@]32C)[C@@]2(C)CC[C@@H](O)C[C@@H]2C[C@@H]4O)c(OC)c1. The molecule has 3 N–H and O–H groups in total. The average Bonchev–Trinajstić information content (AvgIpc) is 3.25. The summed E-state index contributed by atoms with van der Waals surface area (Å²) in [6.07, 6.45) is 9.47. The number of anilines is 1. The quantitative estimate of drug-likeness (QED) is 0.402. The van der Waals surface area contributed by atoms with Crippen LogP contribution < -0.4 is 14.8 Å². The van der Waals surface area contributed by atoms with Gasteiger partial charge in [0.25, 0.3) is 0 Å². The molecule has 0 aliphatic heterocycles. The third kappa shape index (κ3) is 4.74. The Kier molecular flexibility index (Phi) is 7.78. The highest BCUT2D eigenvalue weighted by atomic mass is 16.5. The van der Waals surface area contributed by atoms with E-state index in [2.05, 4.69) is 26.1 Å². The van der Waals surface area contributed by atoms with Crippen LogP contribution in [0.3, 0.4) is 0 Å². The first-order valence-electron chi connectivity index (χ1n) is 15.0. The molecule has 4 aliphatic rings. The summed E-state index contributed by atoms with van der Waals surface area (Å²) in [6.45, 7) is 7.31. The van der Waals surface area contributed by atoms with Crippen LogP contribution in [0.2, 0.25) is 0 Å². The molecule has 1 aromatic carbocycles. The smallest absolute Gasteiger partial charge is 0.224 e. The zero-order valence-electron chi connectivity index (χ0n) is 24.0. The Morgan fingerprint density at radius 2 is 1.76 bits per heavy atom. The van der Waals surface area contributed by atoms with Crippen LogP contribution in [0.5, 0.6) is 11.5 Å². The Hall–Kier alpha value is -1.79. The first kappa shape index (κ1) is 27.8. The van der Waals surface area contributed by atoms with E-state index in [0.717, 1.165) is 32.1 Å². The van der Waals surface area contributed by atoms with E-state index < -0.39 is 0 Å². The minimum absolute atomic E-state index is 0.0184. The molecule has 6 nitrogen and oxygen atoms in total. The van der Waals surface area contributed by atoms with E-state index in [4.69, 9.17) is 9.47 Å². The lowest BCUT2D eigenvalue weighted by atomic mass is 9.43. The fourth-order valence-corrected chi connectivity index (χ4v) is 9.85. The number of fused-ring (bicyclic) bond motifs is 5. The summed E-state index contributed by atoms with van der Waals surface area (Å²) in [6, 6.07) is 5.44. The van der Waals surface area contributed by atoms with Gasteiger partial charge < -0.3 is 25.0 Å². The first-order chi connectivity index (χ1) is 18.1. The number of aliphatic hydroxyl groups excluding tert-OH is 2. The third-order valence-electron chi connectivity index (χ3n) is 11.9. The van der Waals surface area contributed by atoms with Gasteiger partial charge in [-0.3, -0.25) is 4.79 Å². The number of hydrogen-bond acceptors (Lipinski definition) is 5. The van der Waals surface area contributed by atoms with E-state index in [1.165, 1.54) is 25.7 Å². The standard InChI is InChI=1S/C32H49NO5/c1-19(6-11-29(36)33-26-10-7-22(37-4)18-28(26)38-5)23-8-9-24-30-25(13-15-32(23,24)3)31(2)14-12-21(34)16-20(31)17-27(30)35/h7,10,18-21,23-25,27,30,34-35H,6,8-9,11-17H2,1-5H3,(H,33,36)/t19-,20-,21-,23+,24-,25-,27+,30+,31+,32-/m1/s1. The number of amides is 1. The lowest BCUT2D eigenvalue weighted by Crippen LogP contribution is -2.58. The topological polar surface area (TPSA) is 88.0 Å². The Bertz CT molecular complexity index is 1010. The summed E-state index contributed by atoms with van der Waals surface area (Å²) in [7, 11) is 3.21. The van der Waals surface area contributed by atoms with E-state index in [1.807, 2.05) is 12.1 Å². The van der Waals surface area contributed by atoms with Crippen molar-refractivity contribution in [2.45, 2.75) is 97.2 Å². The van der Waals surface area contributed by atoms with Gasteiger partial charge in [-0.1, -0.05) is 20.8 Å². The van der Waals surface area contributed by atoms with Crippen molar-refractivity contribution in [2.75, 3.05) is 19.5 Å². The fraction of sp³-hybridized carbons (Fsp3) is 0.781. The monoisotopic (exact) mass is 527 g/mol. The van der Waals surface area contributed by atoms with E-state index in [-0.39, 0.29) is 28.9 Å². The zero-order chi connectivity index (χ0) is 27.2. The molecule has 10 atom stereocenters. The molecule has 38 heavy (non-hydrogen) atoms. The van der Waals surface area contributed by atoms with Crippen LogP contribution in [0.1, 0.15) is 85.0 Å². The highest BCUT2D eigenvalue weighted by Gasteiger charge is 2.62. The molecule has 4 fully saturated rings. The molecule has 0 unspecified atom stereocenters. The molecule has 6 heteroatoms. The van der Waals surface area contributed by atoms with Gasteiger partial charge >= 0.3 is 0 Å². The average molecular weight is 528 g/mol. The number of methoxy groups -OCH3 is 2. The third-order valence-corrected chi connectivity index (χ3v) is 11.9. The van der Waals surface area contributed by atoms with Gasteiger partial charge in [0.05, 0.1) is 32.1 Å². The molecule has 4 aliphatic carbocycles. The number of nitrogens with one attached hydrogen (secondary N) is 1. The molecule has 0 saturated heterocycles. The minimum Gasteiger partial charge on any atom is -0.497 e. The van der Waals surface area contributed by atoms with E-state index in [1.54, 1.807) is 20.3 Å². The van der Waals surface area contributed by atoms with Gasteiger partial charge in [-0.15, -0.1) is 0 Å². The largest absolute Gasteiger partial charge is 0.497 e. The van der Waals surface area contributed by atoms with Gasteiger partial charge in [0.1, 0.15) is 11.5 Å². The summed E-state index contributed by atoms with van der Waals surface area (Å²) >= 11 is 0. The number of carbonyl (C=O) groups is 1. The molecule has 212 valence electrons.